The highest BCUT2D eigenvalue weighted by Gasteiger charge is 2.11. The monoisotopic (exact) mass is 398 g/mol. The van der Waals surface area contributed by atoms with Crippen LogP contribution in [0.25, 0.3) is 27.8 Å². The topological polar surface area (TPSA) is 117 Å². The molecule has 2 aromatic carbocycles. The first kappa shape index (κ1) is 17.8. The predicted octanol–water partition coefficient (Wildman–Crippen LogP) is 3.05. The maximum Gasteiger partial charge on any atom is 0.280 e. The highest BCUT2D eigenvalue weighted by Crippen LogP contribution is 2.23. The molecule has 0 saturated heterocycles. The Bertz CT molecular complexity index is 1460. The maximum atomic E-state index is 12.7. The number of benzene rings is 2. The Morgan fingerprint density at radius 1 is 1.10 bits per heavy atom. The zero-order chi connectivity index (χ0) is 20.7. The van der Waals surface area contributed by atoms with Gasteiger partial charge in [-0.1, -0.05) is 29.8 Å². The van der Waals surface area contributed by atoms with Crippen LogP contribution in [-0.2, 0) is 0 Å². The fourth-order valence-electron chi connectivity index (χ4n) is 3.36. The zero-order valence-electron chi connectivity index (χ0n) is 16.3. The molecular formula is C21H18N8O. The molecule has 148 valence electrons. The fraction of sp³-hybridized carbons (Fsp3) is 0.0952. The molecule has 0 bridgehead atoms. The van der Waals surface area contributed by atoms with Crippen LogP contribution >= 0.6 is 0 Å². The summed E-state index contributed by atoms with van der Waals surface area (Å²) < 4.78 is 1.48. The molecule has 0 aliphatic heterocycles. The van der Waals surface area contributed by atoms with E-state index in [4.69, 9.17) is 0 Å². The average molecular weight is 398 g/mol. The van der Waals surface area contributed by atoms with Crippen molar-refractivity contribution in [1.82, 2.24) is 29.9 Å². The summed E-state index contributed by atoms with van der Waals surface area (Å²) in [5.74, 6) is 0.235. The number of fused-ring (bicyclic) bond motifs is 3. The third-order valence-corrected chi connectivity index (χ3v) is 4.86. The SMILES string of the molecule is Cc1ccc2[nH]c3nc(NN=Cc4c(C)[nH]n(-c5ccccc5)c4=O)nnc3c2c1. The second-order valence-electron chi connectivity index (χ2n) is 7.00. The fourth-order valence-corrected chi connectivity index (χ4v) is 3.36. The lowest BCUT2D eigenvalue weighted by molar-refractivity contribution is 0.835. The van der Waals surface area contributed by atoms with Crippen molar-refractivity contribution in [2.45, 2.75) is 13.8 Å². The van der Waals surface area contributed by atoms with Crippen LogP contribution in [0, 0.1) is 13.8 Å². The van der Waals surface area contributed by atoms with E-state index in [-0.39, 0.29) is 11.5 Å². The molecule has 0 aliphatic carbocycles. The van der Waals surface area contributed by atoms with Crippen molar-refractivity contribution in [3.63, 3.8) is 0 Å². The van der Waals surface area contributed by atoms with Gasteiger partial charge in [-0.3, -0.25) is 9.89 Å². The van der Waals surface area contributed by atoms with Crippen LogP contribution in [0.3, 0.4) is 0 Å². The van der Waals surface area contributed by atoms with Crippen LogP contribution < -0.4 is 11.0 Å². The van der Waals surface area contributed by atoms with Gasteiger partial charge in [0.1, 0.15) is 5.52 Å². The molecule has 3 heterocycles. The number of anilines is 1. The quantitative estimate of drug-likeness (QED) is 0.318. The van der Waals surface area contributed by atoms with Gasteiger partial charge in [0.15, 0.2) is 5.65 Å². The number of H-pyrrole nitrogens is 2. The number of para-hydroxylation sites is 1. The lowest BCUT2D eigenvalue weighted by Crippen LogP contribution is -2.17. The molecule has 0 fully saturated rings. The van der Waals surface area contributed by atoms with Crippen molar-refractivity contribution >= 4 is 34.2 Å². The van der Waals surface area contributed by atoms with E-state index in [0.29, 0.717) is 22.4 Å². The first-order valence-electron chi connectivity index (χ1n) is 9.39. The van der Waals surface area contributed by atoms with Gasteiger partial charge in [0, 0.05) is 16.6 Å². The highest BCUT2D eigenvalue weighted by atomic mass is 16.1. The number of hydrogen-bond acceptors (Lipinski definition) is 6. The van der Waals surface area contributed by atoms with Gasteiger partial charge in [-0.15, -0.1) is 10.2 Å². The van der Waals surface area contributed by atoms with E-state index < -0.39 is 0 Å². The number of aromatic nitrogens is 6. The lowest BCUT2D eigenvalue weighted by atomic mass is 10.2. The van der Waals surface area contributed by atoms with Crippen molar-refractivity contribution in [2.75, 3.05) is 5.43 Å². The molecule has 3 N–H and O–H groups in total. The molecule has 5 rings (SSSR count). The number of nitrogens with one attached hydrogen (secondary N) is 3. The number of aromatic amines is 2. The number of nitrogens with zero attached hydrogens (tertiary/aromatic N) is 5. The normalized spacial score (nSPS) is 11.7. The van der Waals surface area contributed by atoms with Crippen LogP contribution in [0.2, 0.25) is 0 Å². The minimum absolute atomic E-state index is 0.190. The molecule has 0 spiro atoms. The maximum absolute atomic E-state index is 12.7. The molecule has 0 radical (unpaired) electrons. The first-order chi connectivity index (χ1) is 14.6. The number of rotatable bonds is 4. The average Bonchev–Trinajstić information content (AvgIpc) is 3.25. The van der Waals surface area contributed by atoms with Gasteiger partial charge < -0.3 is 4.98 Å². The minimum Gasteiger partial charge on any atom is -0.338 e. The lowest BCUT2D eigenvalue weighted by Gasteiger charge is -1.99. The number of aryl methyl sites for hydroxylation is 2. The molecule has 0 unspecified atom stereocenters. The summed E-state index contributed by atoms with van der Waals surface area (Å²) in [5, 5.41) is 16.5. The van der Waals surface area contributed by atoms with E-state index in [0.717, 1.165) is 22.2 Å². The summed E-state index contributed by atoms with van der Waals surface area (Å²) >= 11 is 0. The smallest absolute Gasteiger partial charge is 0.280 e. The van der Waals surface area contributed by atoms with Gasteiger partial charge in [-0.25, -0.2) is 10.1 Å². The van der Waals surface area contributed by atoms with Crippen LogP contribution in [0.5, 0.6) is 0 Å². The van der Waals surface area contributed by atoms with Crippen LogP contribution in [-0.4, -0.2) is 36.2 Å². The Morgan fingerprint density at radius 2 is 1.93 bits per heavy atom. The predicted molar refractivity (Wildman–Crippen MR) is 116 cm³/mol. The highest BCUT2D eigenvalue weighted by molar-refractivity contribution is 6.03. The molecule has 9 nitrogen and oxygen atoms in total. The number of hydrazone groups is 1. The van der Waals surface area contributed by atoms with Gasteiger partial charge in [0.2, 0.25) is 0 Å². The summed E-state index contributed by atoms with van der Waals surface area (Å²) in [7, 11) is 0. The number of hydrogen-bond donors (Lipinski definition) is 3. The Balaban J connectivity index is 1.42. The second-order valence-corrected chi connectivity index (χ2v) is 7.00. The molecule has 0 amide bonds. The van der Waals surface area contributed by atoms with Crippen molar-refractivity contribution < 1.29 is 0 Å². The standard InChI is InChI=1S/C21H18N8O/c1-12-8-9-17-15(10-12)18-19(23-17)24-21(27-25-18)26-22-11-16-13(2)28-29(20(16)30)14-6-4-3-5-7-14/h3-11,28H,1-2H3,(H2,23,24,26,27). The second kappa shape index (κ2) is 6.96. The van der Waals surface area contributed by atoms with Crippen molar-refractivity contribution in [2.24, 2.45) is 5.10 Å². The van der Waals surface area contributed by atoms with Gasteiger partial charge in [-0.05, 0) is 38.1 Å². The van der Waals surface area contributed by atoms with Crippen molar-refractivity contribution in [1.29, 1.82) is 0 Å². The molecule has 0 saturated carbocycles. The van der Waals surface area contributed by atoms with Gasteiger partial charge in [0.25, 0.3) is 11.5 Å². The molecule has 30 heavy (non-hydrogen) atoms. The zero-order valence-corrected chi connectivity index (χ0v) is 16.3. The third kappa shape index (κ3) is 3.02. The Kier molecular flexibility index (Phi) is 4.13. The Morgan fingerprint density at radius 3 is 2.77 bits per heavy atom. The summed E-state index contributed by atoms with van der Waals surface area (Å²) in [6.07, 6.45) is 1.45. The van der Waals surface area contributed by atoms with Crippen LogP contribution in [0.4, 0.5) is 5.95 Å². The minimum atomic E-state index is -0.190. The van der Waals surface area contributed by atoms with E-state index in [9.17, 15) is 4.79 Å². The van der Waals surface area contributed by atoms with Crippen LogP contribution in [0.1, 0.15) is 16.8 Å². The summed E-state index contributed by atoms with van der Waals surface area (Å²) in [4.78, 5) is 20.4. The summed E-state index contributed by atoms with van der Waals surface area (Å²) in [5.41, 5.74) is 7.87. The van der Waals surface area contributed by atoms with Gasteiger partial charge >= 0.3 is 0 Å². The van der Waals surface area contributed by atoms with E-state index in [2.05, 4.69) is 35.8 Å². The van der Waals surface area contributed by atoms with E-state index in [1.165, 1.54) is 10.9 Å². The van der Waals surface area contributed by atoms with E-state index in [1.54, 1.807) is 0 Å². The molecule has 5 aromatic rings. The third-order valence-electron chi connectivity index (χ3n) is 4.86. The van der Waals surface area contributed by atoms with Gasteiger partial charge in [-0.2, -0.15) is 10.1 Å². The van der Waals surface area contributed by atoms with E-state index in [1.807, 2.05) is 62.4 Å². The molecular weight excluding hydrogens is 380 g/mol. The molecule has 0 atom stereocenters. The molecule has 9 heteroatoms. The molecule has 3 aromatic heterocycles. The first-order valence-corrected chi connectivity index (χ1v) is 9.39. The summed E-state index contributed by atoms with van der Waals surface area (Å²) in [6.45, 7) is 3.84. The van der Waals surface area contributed by atoms with E-state index >= 15 is 0 Å². The molecule has 0 aliphatic rings. The van der Waals surface area contributed by atoms with Crippen molar-refractivity contribution in [3.8, 4) is 5.69 Å². The Labute approximate surface area is 170 Å². The summed E-state index contributed by atoms with van der Waals surface area (Å²) in [6, 6.07) is 15.4. The Hall–Kier alpha value is -4.27. The van der Waals surface area contributed by atoms with Crippen LogP contribution in [0.15, 0.2) is 58.4 Å². The van der Waals surface area contributed by atoms with Crippen molar-refractivity contribution in [3.05, 3.63) is 75.7 Å². The van der Waals surface area contributed by atoms with Gasteiger partial charge in [0.05, 0.1) is 17.5 Å². The largest absolute Gasteiger partial charge is 0.338 e.